The molecule has 0 aromatic heterocycles. The summed E-state index contributed by atoms with van der Waals surface area (Å²) in [6.45, 7) is 0.167. The van der Waals surface area contributed by atoms with Crippen molar-refractivity contribution in [2.24, 2.45) is 5.10 Å². The van der Waals surface area contributed by atoms with Crippen LogP contribution in [-0.4, -0.2) is 18.8 Å². The van der Waals surface area contributed by atoms with Gasteiger partial charge in [-0.15, -0.1) is 0 Å². The SMILES string of the molecule is N#CC(c1ccc(Cl)cc1)c1c(Cl)cc(N2N=CCNC2=O)cc1C(F)(F)F. The van der Waals surface area contributed by atoms with Crippen LogP contribution in [0.2, 0.25) is 10.0 Å². The minimum absolute atomic E-state index is 0.165. The van der Waals surface area contributed by atoms with Crippen LogP contribution >= 0.6 is 23.2 Å². The van der Waals surface area contributed by atoms with Gasteiger partial charge in [-0.3, -0.25) is 0 Å². The molecule has 0 bridgehead atoms. The first-order chi connectivity index (χ1) is 13.2. The predicted octanol–water partition coefficient (Wildman–Crippen LogP) is 5.18. The number of carbonyl (C=O) groups is 1. The Balaban J connectivity index is 2.19. The highest BCUT2D eigenvalue weighted by atomic mass is 35.5. The molecule has 1 aliphatic heterocycles. The van der Waals surface area contributed by atoms with Gasteiger partial charge in [0.2, 0.25) is 0 Å². The molecule has 0 radical (unpaired) electrons. The van der Waals surface area contributed by atoms with Gasteiger partial charge in [0.15, 0.2) is 0 Å². The number of nitriles is 1. The predicted molar refractivity (Wildman–Crippen MR) is 99.7 cm³/mol. The van der Waals surface area contributed by atoms with E-state index in [1.54, 1.807) is 0 Å². The number of nitrogens with one attached hydrogen (secondary N) is 1. The summed E-state index contributed by atoms with van der Waals surface area (Å²) in [7, 11) is 0. The van der Waals surface area contributed by atoms with Crippen LogP contribution in [0.1, 0.15) is 22.6 Å². The zero-order valence-electron chi connectivity index (χ0n) is 14.0. The molecule has 0 saturated carbocycles. The summed E-state index contributed by atoms with van der Waals surface area (Å²) in [5.41, 5.74) is -1.38. The van der Waals surface area contributed by atoms with Crippen LogP contribution in [0.15, 0.2) is 41.5 Å². The standard InChI is InChI=1S/C18H11Cl2F3N4O/c19-11-3-1-10(2-4-11)13(9-24)16-14(18(21,22)23)7-12(8-15(16)20)27-17(28)25-5-6-26-27/h1-4,6-8,13H,5H2,(H,25,28). The summed E-state index contributed by atoms with van der Waals surface area (Å²) >= 11 is 12.0. The number of alkyl halides is 3. The highest BCUT2D eigenvalue weighted by Gasteiger charge is 2.38. The molecule has 2 amide bonds. The van der Waals surface area contributed by atoms with Gasteiger partial charge >= 0.3 is 12.2 Å². The largest absolute Gasteiger partial charge is 0.416 e. The Morgan fingerprint density at radius 3 is 2.46 bits per heavy atom. The number of nitrogens with zero attached hydrogens (tertiary/aromatic N) is 3. The van der Waals surface area contributed by atoms with Crippen molar-refractivity contribution in [1.82, 2.24) is 5.32 Å². The second-order valence-corrected chi connectivity index (χ2v) is 6.64. The molecule has 2 aromatic carbocycles. The Morgan fingerprint density at radius 2 is 1.89 bits per heavy atom. The molecule has 0 aliphatic carbocycles. The van der Waals surface area contributed by atoms with Crippen molar-refractivity contribution in [2.45, 2.75) is 12.1 Å². The average Bonchev–Trinajstić information content (AvgIpc) is 2.64. The van der Waals surface area contributed by atoms with Gasteiger partial charge in [-0.2, -0.15) is 28.5 Å². The monoisotopic (exact) mass is 426 g/mol. The molecule has 1 N–H and O–H groups in total. The third kappa shape index (κ3) is 3.91. The third-order valence-corrected chi connectivity index (χ3v) is 4.58. The number of anilines is 1. The Morgan fingerprint density at radius 1 is 1.21 bits per heavy atom. The van der Waals surface area contributed by atoms with Crippen LogP contribution in [-0.2, 0) is 6.18 Å². The Bertz CT molecular complexity index is 984. The van der Waals surface area contributed by atoms with E-state index in [0.717, 1.165) is 11.1 Å². The van der Waals surface area contributed by atoms with Gasteiger partial charge in [0.05, 0.1) is 29.8 Å². The van der Waals surface area contributed by atoms with Crippen molar-refractivity contribution in [1.29, 1.82) is 5.26 Å². The summed E-state index contributed by atoms with van der Waals surface area (Å²) < 4.78 is 41.4. The van der Waals surface area contributed by atoms with Gasteiger partial charge in [-0.1, -0.05) is 35.3 Å². The van der Waals surface area contributed by atoms with E-state index in [9.17, 15) is 23.2 Å². The fourth-order valence-electron chi connectivity index (χ4n) is 2.78. The lowest BCUT2D eigenvalue weighted by Gasteiger charge is -2.24. The molecule has 1 aliphatic rings. The van der Waals surface area contributed by atoms with Gasteiger partial charge in [0.25, 0.3) is 0 Å². The Hall–Kier alpha value is -2.76. The average molecular weight is 427 g/mol. The van der Waals surface area contributed by atoms with Crippen LogP contribution in [0, 0.1) is 11.3 Å². The molecule has 10 heteroatoms. The summed E-state index contributed by atoms with van der Waals surface area (Å²) in [5.74, 6) is -1.28. The lowest BCUT2D eigenvalue weighted by molar-refractivity contribution is -0.138. The topological polar surface area (TPSA) is 68.5 Å². The first-order valence-corrected chi connectivity index (χ1v) is 8.64. The Labute approximate surface area is 168 Å². The van der Waals surface area contributed by atoms with Gasteiger partial charge in [0.1, 0.15) is 0 Å². The number of carbonyl (C=O) groups excluding carboxylic acids is 1. The molecule has 0 spiro atoms. The van der Waals surface area contributed by atoms with E-state index in [1.165, 1.54) is 36.5 Å². The lowest BCUT2D eigenvalue weighted by atomic mass is 9.88. The lowest BCUT2D eigenvalue weighted by Crippen LogP contribution is -2.41. The smallest absolute Gasteiger partial charge is 0.331 e. The van der Waals surface area contributed by atoms with E-state index in [2.05, 4.69) is 10.4 Å². The van der Waals surface area contributed by atoms with Gasteiger partial charge in [0, 0.05) is 21.8 Å². The summed E-state index contributed by atoms with van der Waals surface area (Å²) in [6, 6.07) is 8.98. The molecular weight excluding hydrogens is 416 g/mol. The molecule has 5 nitrogen and oxygen atoms in total. The first kappa shape index (κ1) is 20.0. The van der Waals surface area contributed by atoms with E-state index in [1.807, 2.05) is 6.07 Å². The number of hydrogen-bond acceptors (Lipinski definition) is 3. The van der Waals surface area contributed by atoms with Crippen molar-refractivity contribution < 1.29 is 18.0 Å². The van der Waals surface area contributed by atoms with Crippen LogP contribution in [0.25, 0.3) is 0 Å². The maximum Gasteiger partial charge on any atom is 0.416 e. The second-order valence-electron chi connectivity index (χ2n) is 5.80. The molecule has 2 aromatic rings. The zero-order valence-corrected chi connectivity index (χ0v) is 15.5. The van der Waals surface area contributed by atoms with Crippen LogP contribution in [0.5, 0.6) is 0 Å². The zero-order chi connectivity index (χ0) is 20.5. The number of rotatable bonds is 3. The highest BCUT2D eigenvalue weighted by Crippen LogP contribution is 2.43. The second kappa shape index (κ2) is 7.70. The summed E-state index contributed by atoms with van der Waals surface area (Å²) in [4.78, 5) is 11.9. The van der Waals surface area contributed by atoms with E-state index >= 15 is 0 Å². The molecule has 1 atom stereocenters. The van der Waals surface area contributed by atoms with Crippen molar-refractivity contribution in [3.63, 3.8) is 0 Å². The van der Waals surface area contributed by atoms with Gasteiger partial charge in [-0.05, 0) is 29.8 Å². The molecule has 1 heterocycles. The normalized spacial score (nSPS) is 15.1. The molecule has 0 saturated heterocycles. The van der Waals surface area contributed by atoms with Gasteiger partial charge in [-0.25, -0.2) is 4.79 Å². The number of benzene rings is 2. The van der Waals surface area contributed by atoms with Crippen molar-refractivity contribution in [2.75, 3.05) is 11.6 Å². The minimum atomic E-state index is -4.81. The number of halogens is 5. The summed E-state index contributed by atoms with van der Waals surface area (Å²) in [5, 5.41) is 16.7. The van der Waals surface area contributed by atoms with E-state index < -0.39 is 29.3 Å². The number of amides is 2. The van der Waals surface area contributed by atoms with E-state index in [-0.39, 0.29) is 17.3 Å². The fraction of sp³-hybridized carbons (Fsp3) is 0.167. The van der Waals surface area contributed by atoms with Crippen LogP contribution in [0.4, 0.5) is 23.7 Å². The van der Waals surface area contributed by atoms with Crippen molar-refractivity contribution in [3.05, 3.63) is 63.1 Å². The van der Waals surface area contributed by atoms with E-state index in [4.69, 9.17) is 23.2 Å². The molecule has 28 heavy (non-hydrogen) atoms. The maximum absolute atomic E-state index is 13.8. The molecule has 1 unspecified atom stereocenters. The van der Waals surface area contributed by atoms with Crippen molar-refractivity contribution in [3.8, 4) is 6.07 Å². The minimum Gasteiger partial charge on any atom is -0.331 e. The molecular formula is C18H11Cl2F3N4O. The number of hydrogen-bond donors (Lipinski definition) is 1. The fourth-order valence-corrected chi connectivity index (χ4v) is 3.23. The quantitative estimate of drug-likeness (QED) is 0.733. The Kier molecular flexibility index (Phi) is 5.49. The van der Waals surface area contributed by atoms with Gasteiger partial charge < -0.3 is 5.32 Å². The summed E-state index contributed by atoms with van der Waals surface area (Å²) in [6.07, 6.45) is -3.48. The molecule has 3 rings (SSSR count). The molecule has 144 valence electrons. The maximum atomic E-state index is 13.8. The highest BCUT2D eigenvalue weighted by molar-refractivity contribution is 6.32. The third-order valence-electron chi connectivity index (χ3n) is 4.02. The molecule has 0 fully saturated rings. The number of urea groups is 1. The van der Waals surface area contributed by atoms with Crippen molar-refractivity contribution >= 4 is 41.1 Å². The van der Waals surface area contributed by atoms with Crippen LogP contribution < -0.4 is 10.3 Å². The van der Waals surface area contributed by atoms with Crippen LogP contribution in [0.3, 0.4) is 0 Å². The van der Waals surface area contributed by atoms with E-state index in [0.29, 0.717) is 10.6 Å². The number of hydrazone groups is 1. The first-order valence-electron chi connectivity index (χ1n) is 7.88.